The molecular formula is C112H147N35O3. The maximum absolute atomic E-state index is 10.2. The van der Waals surface area contributed by atoms with E-state index in [1.54, 1.807) is 19.3 Å². The summed E-state index contributed by atoms with van der Waals surface area (Å²) in [5.74, 6) is 10.4. The maximum Gasteiger partial charge on any atom is 0.157 e. The van der Waals surface area contributed by atoms with Crippen molar-refractivity contribution < 1.29 is 15.3 Å². The number of piperidine rings is 7. The summed E-state index contributed by atoms with van der Waals surface area (Å²) in [5, 5.41) is 54.0. The number of nitrogens with zero attached hydrogens (tertiary/aromatic N) is 28. The Morgan fingerprint density at radius 1 is 0.293 bits per heavy atom. The van der Waals surface area contributed by atoms with Crippen molar-refractivity contribution >= 4 is 154 Å². The Morgan fingerprint density at radius 3 is 0.860 bits per heavy atom. The van der Waals surface area contributed by atoms with Crippen LogP contribution in [0.15, 0.2) is 142 Å². The van der Waals surface area contributed by atoms with Gasteiger partial charge in [-0.3, -0.25) is 0 Å². The van der Waals surface area contributed by atoms with Gasteiger partial charge in [0.2, 0.25) is 0 Å². The van der Waals surface area contributed by atoms with Gasteiger partial charge in [-0.15, -0.1) is 0 Å². The van der Waals surface area contributed by atoms with Crippen molar-refractivity contribution in [3.63, 3.8) is 0 Å². The van der Waals surface area contributed by atoms with E-state index in [4.69, 9.17) is 15.0 Å². The van der Waals surface area contributed by atoms with E-state index in [9.17, 15) is 15.3 Å². The fourth-order valence-corrected chi connectivity index (χ4v) is 24.3. The van der Waals surface area contributed by atoms with Gasteiger partial charge in [0, 0.05) is 186 Å². The average molecular weight is 2030 g/mol. The van der Waals surface area contributed by atoms with Crippen LogP contribution in [-0.4, -0.2) is 251 Å². The number of aromatic amines is 7. The Kier molecular flexibility index (Phi) is 29.7. The highest BCUT2D eigenvalue weighted by Gasteiger charge is 2.33. The number of aryl methyl sites for hydroxylation is 2. The van der Waals surface area contributed by atoms with Crippen LogP contribution in [-0.2, 0) is 19.4 Å². The number of imidazole rings is 7. The fourth-order valence-electron chi connectivity index (χ4n) is 24.3. The van der Waals surface area contributed by atoms with Crippen LogP contribution in [0.1, 0.15) is 226 Å². The molecule has 38 heteroatoms. The second-order valence-corrected chi connectivity index (χ2v) is 42.2. The summed E-state index contributed by atoms with van der Waals surface area (Å²) in [7, 11) is 0. The third-order valence-corrected chi connectivity index (χ3v) is 33.4. The highest BCUT2D eigenvalue weighted by atomic mass is 16.3. The molecule has 7 aliphatic rings. The molecule has 7 fully saturated rings. The predicted molar refractivity (Wildman–Crippen MR) is 599 cm³/mol. The number of pyridine rings is 7. The van der Waals surface area contributed by atoms with Crippen molar-refractivity contribution in [2.24, 2.45) is 41.4 Å². The Bertz CT molecular complexity index is 7960. The van der Waals surface area contributed by atoms with Gasteiger partial charge in [-0.25, -0.2) is 103 Å². The molecule has 21 aromatic heterocycles. The minimum Gasteiger partial charge on any atom is -0.396 e. The molecule has 788 valence electrons. The summed E-state index contributed by atoms with van der Waals surface area (Å²) >= 11 is 0. The van der Waals surface area contributed by atoms with Crippen LogP contribution in [0, 0.1) is 48.3 Å². The molecule has 0 bridgehead atoms. The number of aliphatic hydroxyl groups excluding tert-OH is 3. The first-order chi connectivity index (χ1) is 73.6. The predicted octanol–water partition coefficient (Wildman–Crippen LogP) is 18.3. The van der Waals surface area contributed by atoms with Crippen molar-refractivity contribution in [2.45, 2.75) is 223 Å². The van der Waals surface area contributed by atoms with Crippen LogP contribution in [0.3, 0.4) is 0 Å². The summed E-state index contributed by atoms with van der Waals surface area (Å²) in [6.45, 7) is 37.1. The van der Waals surface area contributed by atoms with E-state index in [-0.39, 0.29) is 13.2 Å². The van der Waals surface area contributed by atoms with Gasteiger partial charge in [0.1, 0.15) is 160 Å². The molecule has 28 heterocycles. The highest BCUT2D eigenvalue weighted by Crippen LogP contribution is 2.38. The van der Waals surface area contributed by atoms with Gasteiger partial charge in [-0.05, 0) is 188 Å². The van der Waals surface area contributed by atoms with Gasteiger partial charge in [-0.1, -0.05) is 93.9 Å². The summed E-state index contributed by atoms with van der Waals surface area (Å²) in [6, 6.07) is 14.5. The van der Waals surface area contributed by atoms with Crippen LogP contribution in [0.5, 0.6) is 0 Å². The summed E-state index contributed by atoms with van der Waals surface area (Å²) in [4.78, 5) is 85.7. The molecule has 150 heavy (non-hydrogen) atoms. The van der Waals surface area contributed by atoms with Crippen molar-refractivity contribution in [3.8, 4) is 0 Å². The van der Waals surface area contributed by atoms with Crippen LogP contribution < -0.4 is 35.1 Å². The largest absolute Gasteiger partial charge is 0.396 e. The Labute approximate surface area is 871 Å². The van der Waals surface area contributed by atoms with E-state index >= 15 is 0 Å². The van der Waals surface area contributed by atoms with E-state index in [0.717, 1.165) is 284 Å². The third kappa shape index (κ3) is 19.7. The Hall–Kier alpha value is -14.4. The van der Waals surface area contributed by atoms with Gasteiger partial charge in [0.05, 0.1) is 50.0 Å². The first kappa shape index (κ1) is 100. The van der Waals surface area contributed by atoms with Crippen LogP contribution in [0.4, 0.5) is 0 Å². The van der Waals surface area contributed by atoms with Gasteiger partial charge < -0.3 is 85.3 Å². The minimum atomic E-state index is -0.611. The molecule has 0 aromatic carbocycles. The van der Waals surface area contributed by atoms with Crippen LogP contribution >= 0.6 is 0 Å². The second-order valence-electron chi connectivity index (χ2n) is 42.2. The number of aromatic nitrogens is 28. The summed E-state index contributed by atoms with van der Waals surface area (Å²) < 4.78 is 15.6. The number of rotatable bonds is 18. The molecular weight excluding hydrogens is 1880 g/mol. The second kappa shape index (κ2) is 44.4. The molecule has 1 atom stereocenters. The standard InChI is InChI=1S/2C17H23N5O.C17H23N5.C16H21N5O.C16H21N5.C15H19N5.C14H17N5/c1-3-12-5-8-21(9-6-12)22-15-13-4-7-18-16(13)19-10-14(15)20-17(22)11(2)23;1-2-12-4-8-21(9-5-12)22-15(6-10-23)20-14-11-19-17-13(16(14)22)3-7-18-17;1-3-12-6-9-21(10-7-12)22-15(4-2)20-14-11-19-17-13(16(14)22)5-8-18-17;1-2-11-4-7-20(8-5-11)21-14(10-22)19-13-9-18-16-12(15(13)21)3-6-17-16;1-3-12-5-8-20(9-6-12)21-11(2)19-14-10-18-16-13(15(14)21)4-7-17-16;1-2-11-4-7-19(8-5-11)20-10-18-13-9-17-15-12(14(13)20)3-6-16-15;1-10-3-6-18(7-4-10)19-9-17-12-8-16-14-11(13(12)19)2-5-15-14/h4,7,10-12,23H,3,5-6,8-9H2,1-2H3,(H,18,19);3,7,11-12,23H,2,4-6,8-10H2,1H3,(H,18,19);5,8,11-12H,3-4,6-7,9-10H2,1-2H3,(H,18,19);3,6,9,11,22H,2,4-5,7-8,10H2,1H3,(H,17,18);4,7,10,12H,3,5-6,8-9H2,1-2H3,(H,17,18);3,6,9-11H,2,4-5,7-8H2,1H3,(H,16,17);2,5,8-10H,3-4,6-7H2,1H3,(H,15,16)/t11-;;;;;;/m1....../s1. The van der Waals surface area contributed by atoms with E-state index < -0.39 is 6.10 Å². The third-order valence-electron chi connectivity index (χ3n) is 33.4. The van der Waals surface area contributed by atoms with Gasteiger partial charge >= 0.3 is 0 Å². The van der Waals surface area contributed by atoms with Crippen molar-refractivity contribution in [3.05, 3.63) is 171 Å². The molecule has 0 spiro atoms. The molecule has 0 saturated carbocycles. The molecule has 7 aliphatic heterocycles. The quantitative estimate of drug-likeness (QED) is 0.0381. The number of nitrogens with one attached hydrogen (secondary N) is 7. The van der Waals surface area contributed by atoms with E-state index in [2.05, 4.69) is 250 Å². The van der Waals surface area contributed by atoms with E-state index in [0.29, 0.717) is 18.1 Å². The lowest BCUT2D eigenvalue weighted by molar-refractivity contribution is 0.182. The molecule has 28 rings (SSSR count). The zero-order chi connectivity index (χ0) is 103. The summed E-state index contributed by atoms with van der Waals surface area (Å²) in [5.41, 5.74) is 20.8. The SMILES string of the molecule is CC1CCN(n2cnc3cnc4[nH]ccc4c32)CC1.CCC1CCN(n2c(C)nc3cnc4[nH]ccc4c32)CC1.CCC1CCN(n2c(CCO)nc3cnc4[nH]ccc4c32)CC1.CCC1CCN(n2c(CO)nc3cnc4[nH]ccc4c32)CC1.CCC1CCN(n2c([C@@H](C)O)nc3cnc4[nH]ccc4c32)CC1.CCC1CCN(n2cnc3cnc4[nH]ccc4c32)CC1.CCc1nc2cnc3[nH]ccc3c2n1N1CCC(CC)CC1. The smallest absolute Gasteiger partial charge is 0.157 e. The lowest BCUT2D eigenvalue weighted by atomic mass is 9.95. The Morgan fingerprint density at radius 2 is 0.547 bits per heavy atom. The molecule has 0 unspecified atom stereocenters. The zero-order valence-electron chi connectivity index (χ0n) is 88.6. The molecule has 7 saturated heterocycles. The van der Waals surface area contributed by atoms with Crippen LogP contribution in [0.2, 0.25) is 0 Å². The zero-order valence-corrected chi connectivity index (χ0v) is 88.6. The molecule has 10 N–H and O–H groups in total. The van der Waals surface area contributed by atoms with Gasteiger partial charge in [-0.2, -0.15) is 0 Å². The van der Waals surface area contributed by atoms with Crippen molar-refractivity contribution in [2.75, 3.05) is 133 Å². The van der Waals surface area contributed by atoms with Crippen molar-refractivity contribution in [1.29, 1.82) is 0 Å². The van der Waals surface area contributed by atoms with Crippen molar-refractivity contribution in [1.82, 2.24) is 137 Å². The number of hydrogen-bond acceptors (Lipinski definition) is 24. The monoisotopic (exact) mass is 2030 g/mol. The Balaban J connectivity index is 0.0000000990. The fraction of sp³-hybridized carbons (Fsp3) is 0.500. The lowest BCUT2D eigenvalue weighted by Gasteiger charge is -2.35. The minimum absolute atomic E-state index is 0.0612. The van der Waals surface area contributed by atoms with Gasteiger partial charge in [0.15, 0.2) is 11.6 Å². The molecule has 0 aliphatic carbocycles. The van der Waals surface area contributed by atoms with E-state index in [1.165, 1.54) is 156 Å². The first-order valence-corrected chi connectivity index (χ1v) is 55.5. The summed E-state index contributed by atoms with van der Waals surface area (Å²) in [6.07, 6.45) is 56.1. The number of aliphatic hydroxyl groups is 3. The number of H-pyrrole nitrogens is 7. The van der Waals surface area contributed by atoms with Crippen LogP contribution in [0.25, 0.3) is 154 Å². The first-order valence-electron chi connectivity index (χ1n) is 55.5. The average Bonchev–Trinajstić information content (AvgIpc) is 1.58. The number of fused-ring (bicyclic) bond motifs is 21. The normalized spacial score (nSPS) is 17.2. The molecule has 38 nitrogen and oxygen atoms in total. The van der Waals surface area contributed by atoms with Gasteiger partial charge in [0.25, 0.3) is 0 Å². The topological polar surface area (TPSA) is 409 Å². The molecule has 0 radical (unpaired) electrons. The van der Waals surface area contributed by atoms with E-state index in [1.807, 2.05) is 99.1 Å². The molecule has 21 aromatic rings. The molecule has 0 amide bonds. The number of hydrogen-bond donors (Lipinski definition) is 10. The lowest BCUT2D eigenvalue weighted by Crippen LogP contribution is -2.42. The highest BCUT2D eigenvalue weighted by molar-refractivity contribution is 6.06. The maximum atomic E-state index is 10.2.